The molecule has 0 bridgehead atoms. The van der Waals surface area contributed by atoms with Crippen LogP contribution in [0.3, 0.4) is 0 Å². The lowest BCUT2D eigenvalue weighted by molar-refractivity contribution is -0.0565. The molecule has 0 aromatic heterocycles. The highest BCUT2D eigenvalue weighted by molar-refractivity contribution is 6.30. The lowest BCUT2D eigenvalue weighted by atomic mass is 9.97. The number of carbonyl (C=O) groups is 1. The van der Waals surface area contributed by atoms with Crippen molar-refractivity contribution < 1.29 is 28.5 Å². The molecule has 2 aromatic rings. The van der Waals surface area contributed by atoms with Crippen molar-refractivity contribution in [1.82, 2.24) is 9.80 Å². The van der Waals surface area contributed by atoms with Crippen molar-refractivity contribution in [2.45, 2.75) is 69.7 Å². The van der Waals surface area contributed by atoms with Crippen LogP contribution in [0.2, 0.25) is 5.02 Å². The van der Waals surface area contributed by atoms with E-state index in [2.05, 4.69) is 4.90 Å². The molecule has 2 aromatic carbocycles. The van der Waals surface area contributed by atoms with Crippen molar-refractivity contribution >= 4 is 17.5 Å². The van der Waals surface area contributed by atoms with Crippen LogP contribution in [0.4, 0.5) is 8.78 Å². The lowest BCUT2D eigenvalue weighted by Crippen LogP contribution is -2.38. The molecule has 1 atom stereocenters. The second kappa shape index (κ2) is 11.9. The van der Waals surface area contributed by atoms with Gasteiger partial charge in [0.1, 0.15) is 17.4 Å². The van der Waals surface area contributed by atoms with E-state index < -0.39 is 18.0 Å². The zero-order valence-electron chi connectivity index (χ0n) is 21.4. The Labute approximate surface area is 227 Å². The van der Waals surface area contributed by atoms with Crippen LogP contribution in [0.5, 0.6) is 5.75 Å². The molecule has 6 nitrogen and oxygen atoms in total. The van der Waals surface area contributed by atoms with Crippen LogP contribution in [-0.4, -0.2) is 64.5 Å². The summed E-state index contributed by atoms with van der Waals surface area (Å²) in [5.74, 6) is -0.215. The van der Waals surface area contributed by atoms with Crippen molar-refractivity contribution in [2.75, 3.05) is 26.2 Å². The number of halogens is 3. The van der Waals surface area contributed by atoms with Crippen molar-refractivity contribution in [2.24, 2.45) is 5.92 Å². The number of hydrogen-bond acceptors (Lipinski definition) is 5. The molecule has 0 spiro atoms. The van der Waals surface area contributed by atoms with Crippen molar-refractivity contribution in [3.05, 3.63) is 63.7 Å². The van der Waals surface area contributed by atoms with E-state index in [0.717, 1.165) is 56.3 Å². The number of aliphatic hydroxyl groups excluding tert-OH is 1. The van der Waals surface area contributed by atoms with E-state index in [-0.39, 0.29) is 29.8 Å². The molecular formula is C29H35ClF2N2O4. The Kier molecular flexibility index (Phi) is 8.53. The van der Waals surface area contributed by atoms with Crippen LogP contribution in [-0.2, 0) is 6.54 Å². The van der Waals surface area contributed by atoms with Gasteiger partial charge in [0.05, 0.1) is 12.2 Å². The third-order valence-electron chi connectivity index (χ3n) is 7.98. The van der Waals surface area contributed by atoms with Gasteiger partial charge in [-0.2, -0.15) is 0 Å². The summed E-state index contributed by atoms with van der Waals surface area (Å²) in [6.45, 7) is 3.33. The minimum atomic E-state index is -1.50. The Hall–Kier alpha value is -2.26. The second-order valence-corrected chi connectivity index (χ2v) is 11.4. The van der Waals surface area contributed by atoms with Crippen molar-refractivity contribution in [1.29, 1.82) is 0 Å². The van der Waals surface area contributed by atoms with Crippen molar-refractivity contribution in [3.63, 3.8) is 0 Å². The molecule has 38 heavy (non-hydrogen) atoms. The third kappa shape index (κ3) is 6.65. The van der Waals surface area contributed by atoms with Gasteiger partial charge in [0.2, 0.25) is 0 Å². The monoisotopic (exact) mass is 548 g/mol. The average molecular weight is 549 g/mol. The fourth-order valence-corrected chi connectivity index (χ4v) is 6.04. The Morgan fingerprint density at radius 2 is 1.79 bits per heavy atom. The fraction of sp³-hybridized carbons (Fsp3) is 0.552. The highest BCUT2D eigenvalue weighted by atomic mass is 35.5. The largest absolute Gasteiger partial charge is 0.493 e. The molecule has 1 amide bonds. The highest BCUT2D eigenvalue weighted by Gasteiger charge is 2.34. The van der Waals surface area contributed by atoms with E-state index in [9.17, 15) is 19.4 Å². The standard InChI is InChI=1S/C29H35ClF2N2O4/c30-21-10-19(11-22(31)12-21)16-33-8-5-18(6-9-33)17-38-27-15-26(32)25(14-24(27)20-3-4-20)29(37)34-7-1-2-23(34)13-28(35)36/h10-12,14-15,18,20,23,28,35-36H,1-9,13,16-17H2/t23-/m0/s1. The highest BCUT2D eigenvalue weighted by Crippen LogP contribution is 2.45. The molecular weight excluding hydrogens is 514 g/mol. The number of aliphatic hydroxyl groups is 2. The van der Waals surface area contributed by atoms with Gasteiger partial charge >= 0.3 is 0 Å². The first kappa shape index (κ1) is 27.3. The number of likely N-dealkylation sites (tertiary alicyclic amines) is 2. The van der Waals surface area contributed by atoms with E-state index >= 15 is 4.39 Å². The number of rotatable bonds is 9. The van der Waals surface area contributed by atoms with Gasteiger partial charge in [-0.25, -0.2) is 8.78 Å². The molecule has 2 N–H and O–H groups in total. The Morgan fingerprint density at radius 3 is 2.47 bits per heavy atom. The zero-order chi connectivity index (χ0) is 26.8. The Bertz CT molecular complexity index is 1130. The summed E-state index contributed by atoms with van der Waals surface area (Å²) in [6, 6.07) is 7.33. The van der Waals surface area contributed by atoms with Crippen LogP contribution in [0.15, 0.2) is 30.3 Å². The van der Waals surface area contributed by atoms with Gasteiger partial charge in [-0.15, -0.1) is 0 Å². The first-order valence-electron chi connectivity index (χ1n) is 13.6. The van der Waals surface area contributed by atoms with Gasteiger partial charge in [-0.05, 0) is 98.8 Å². The molecule has 0 unspecified atom stereocenters. The third-order valence-corrected chi connectivity index (χ3v) is 8.20. The number of hydrogen-bond donors (Lipinski definition) is 2. The molecule has 1 aliphatic carbocycles. The molecule has 5 rings (SSSR count). The summed E-state index contributed by atoms with van der Waals surface area (Å²) >= 11 is 5.98. The van der Waals surface area contributed by atoms with Crippen LogP contribution < -0.4 is 4.74 Å². The van der Waals surface area contributed by atoms with E-state index in [1.165, 1.54) is 18.2 Å². The van der Waals surface area contributed by atoms with Crippen molar-refractivity contribution in [3.8, 4) is 5.75 Å². The van der Waals surface area contributed by atoms with Gasteiger partial charge in [-0.1, -0.05) is 11.6 Å². The number of carbonyl (C=O) groups excluding carboxylic acids is 1. The van der Waals surface area contributed by atoms with Gasteiger partial charge in [0.25, 0.3) is 5.91 Å². The summed E-state index contributed by atoms with van der Waals surface area (Å²) in [7, 11) is 0. The van der Waals surface area contributed by atoms with Crippen LogP contribution in [0.25, 0.3) is 0 Å². The first-order chi connectivity index (χ1) is 18.3. The summed E-state index contributed by atoms with van der Waals surface area (Å²) in [6.07, 6.45) is 3.83. The van der Waals surface area contributed by atoms with Gasteiger partial charge < -0.3 is 19.8 Å². The predicted octanol–water partition coefficient (Wildman–Crippen LogP) is 5.09. The number of benzene rings is 2. The molecule has 1 saturated carbocycles. The summed E-state index contributed by atoms with van der Waals surface area (Å²) in [5.41, 5.74) is 1.77. The maximum atomic E-state index is 15.2. The molecule has 206 valence electrons. The second-order valence-electron chi connectivity index (χ2n) is 11.0. The topological polar surface area (TPSA) is 73.2 Å². The maximum absolute atomic E-state index is 15.2. The first-order valence-corrected chi connectivity index (χ1v) is 13.9. The fourth-order valence-electron chi connectivity index (χ4n) is 5.80. The van der Waals surface area contributed by atoms with Crippen LogP contribution >= 0.6 is 11.6 Å². The van der Waals surface area contributed by atoms with E-state index in [4.69, 9.17) is 16.3 Å². The van der Waals surface area contributed by atoms with Crippen LogP contribution in [0, 0.1) is 17.6 Å². The number of nitrogens with zero attached hydrogens (tertiary/aromatic N) is 2. The molecule has 2 heterocycles. The zero-order valence-corrected chi connectivity index (χ0v) is 22.2. The Morgan fingerprint density at radius 1 is 1.03 bits per heavy atom. The molecule has 2 aliphatic heterocycles. The average Bonchev–Trinajstić information content (AvgIpc) is 3.60. The molecule has 0 radical (unpaired) electrons. The molecule has 3 fully saturated rings. The maximum Gasteiger partial charge on any atom is 0.257 e. The van der Waals surface area contributed by atoms with E-state index in [1.54, 1.807) is 17.0 Å². The molecule has 2 saturated heterocycles. The van der Waals surface area contributed by atoms with Gasteiger partial charge in [0.15, 0.2) is 6.29 Å². The lowest BCUT2D eigenvalue weighted by Gasteiger charge is -2.32. The Balaban J connectivity index is 1.20. The number of amides is 1. The van der Waals surface area contributed by atoms with E-state index in [0.29, 0.717) is 42.8 Å². The summed E-state index contributed by atoms with van der Waals surface area (Å²) in [5, 5.41) is 19.1. The number of ether oxygens (including phenoxy) is 1. The van der Waals surface area contributed by atoms with Gasteiger partial charge in [0, 0.05) is 36.6 Å². The summed E-state index contributed by atoms with van der Waals surface area (Å²) in [4.78, 5) is 17.1. The molecule has 9 heteroatoms. The molecule has 3 aliphatic rings. The normalized spacial score (nSPS) is 20.9. The minimum absolute atomic E-state index is 0.0318. The van der Waals surface area contributed by atoms with E-state index in [1.807, 2.05) is 0 Å². The predicted molar refractivity (Wildman–Crippen MR) is 140 cm³/mol. The van der Waals surface area contributed by atoms with Gasteiger partial charge in [-0.3, -0.25) is 9.69 Å². The smallest absolute Gasteiger partial charge is 0.257 e. The minimum Gasteiger partial charge on any atom is -0.493 e. The summed E-state index contributed by atoms with van der Waals surface area (Å²) < 4.78 is 35.0. The SMILES string of the molecule is O=C(c1cc(C2CC2)c(OCC2CCN(Cc3cc(F)cc(Cl)c3)CC2)cc1F)N1CCC[C@H]1CC(O)O. The quantitative estimate of drug-likeness (QED) is 0.427. The number of piperidine rings is 1. The van der Waals surface area contributed by atoms with Crippen LogP contribution in [0.1, 0.15) is 72.3 Å².